The van der Waals surface area contributed by atoms with E-state index in [-0.39, 0.29) is 12.5 Å². The van der Waals surface area contributed by atoms with E-state index in [1.807, 2.05) is 6.92 Å². The third-order valence-electron chi connectivity index (χ3n) is 3.83. The summed E-state index contributed by atoms with van der Waals surface area (Å²) in [5, 5.41) is 12.5. The SMILES string of the molecule is CCOc1cccc(N)c1C(=O)NC1(CO)CCCC1. The fourth-order valence-corrected chi connectivity index (χ4v) is 2.74. The molecule has 0 radical (unpaired) electrons. The van der Waals surface area contributed by atoms with Gasteiger partial charge in [0.1, 0.15) is 11.3 Å². The lowest BCUT2D eigenvalue weighted by molar-refractivity contribution is 0.0836. The summed E-state index contributed by atoms with van der Waals surface area (Å²) in [6, 6.07) is 5.17. The van der Waals surface area contributed by atoms with E-state index in [1.54, 1.807) is 18.2 Å². The summed E-state index contributed by atoms with van der Waals surface area (Å²) in [6.45, 7) is 2.28. The van der Waals surface area contributed by atoms with Gasteiger partial charge in [-0.15, -0.1) is 0 Å². The highest BCUT2D eigenvalue weighted by Gasteiger charge is 2.35. The van der Waals surface area contributed by atoms with Crippen molar-refractivity contribution in [2.45, 2.75) is 38.1 Å². The highest BCUT2D eigenvalue weighted by Crippen LogP contribution is 2.31. The van der Waals surface area contributed by atoms with Crippen molar-refractivity contribution in [2.24, 2.45) is 0 Å². The predicted molar refractivity (Wildman–Crippen MR) is 77.8 cm³/mol. The molecule has 0 saturated heterocycles. The molecule has 1 saturated carbocycles. The van der Waals surface area contributed by atoms with E-state index in [0.717, 1.165) is 25.7 Å². The smallest absolute Gasteiger partial charge is 0.257 e. The molecule has 0 bridgehead atoms. The van der Waals surface area contributed by atoms with Crippen molar-refractivity contribution in [1.82, 2.24) is 5.32 Å². The van der Waals surface area contributed by atoms with E-state index in [0.29, 0.717) is 23.6 Å². The molecule has 0 aliphatic heterocycles. The Morgan fingerprint density at radius 2 is 2.15 bits per heavy atom. The van der Waals surface area contributed by atoms with Crippen molar-refractivity contribution in [1.29, 1.82) is 0 Å². The number of hydrogen-bond donors (Lipinski definition) is 3. The fourth-order valence-electron chi connectivity index (χ4n) is 2.74. The normalized spacial score (nSPS) is 16.9. The monoisotopic (exact) mass is 278 g/mol. The molecule has 1 aliphatic carbocycles. The Morgan fingerprint density at radius 1 is 1.45 bits per heavy atom. The number of rotatable bonds is 5. The summed E-state index contributed by atoms with van der Waals surface area (Å²) in [7, 11) is 0. The number of carbonyl (C=O) groups is 1. The summed E-state index contributed by atoms with van der Waals surface area (Å²) in [6.07, 6.45) is 3.63. The summed E-state index contributed by atoms with van der Waals surface area (Å²) >= 11 is 0. The van der Waals surface area contributed by atoms with Crippen molar-refractivity contribution in [3.63, 3.8) is 0 Å². The molecule has 5 nitrogen and oxygen atoms in total. The number of nitrogens with two attached hydrogens (primary N) is 1. The molecule has 0 spiro atoms. The molecule has 1 aromatic carbocycles. The Labute approximate surface area is 119 Å². The van der Waals surface area contributed by atoms with Gasteiger partial charge in [0.05, 0.1) is 18.8 Å². The van der Waals surface area contributed by atoms with Crippen LogP contribution in [-0.4, -0.2) is 29.8 Å². The number of nitrogens with one attached hydrogen (secondary N) is 1. The van der Waals surface area contributed by atoms with Crippen molar-refractivity contribution in [2.75, 3.05) is 18.9 Å². The highest BCUT2D eigenvalue weighted by atomic mass is 16.5. The number of amides is 1. The van der Waals surface area contributed by atoms with Crippen molar-refractivity contribution >= 4 is 11.6 Å². The standard InChI is InChI=1S/C15H22N2O3/c1-2-20-12-7-5-6-11(16)13(12)14(19)17-15(10-18)8-3-4-9-15/h5-7,18H,2-4,8-10,16H2,1H3,(H,17,19). The van der Waals surface area contributed by atoms with Crippen LogP contribution >= 0.6 is 0 Å². The minimum atomic E-state index is -0.511. The molecule has 0 heterocycles. The minimum Gasteiger partial charge on any atom is -0.493 e. The van der Waals surface area contributed by atoms with Crippen LogP contribution in [-0.2, 0) is 0 Å². The quantitative estimate of drug-likeness (QED) is 0.716. The van der Waals surface area contributed by atoms with Gasteiger partial charge in [0.2, 0.25) is 0 Å². The van der Waals surface area contributed by atoms with Crippen molar-refractivity contribution < 1.29 is 14.6 Å². The lowest BCUT2D eigenvalue weighted by atomic mass is 9.98. The van der Waals surface area contributed by atoms with E-state index in [4.69, 9.17) is 10.5 Å². The predicted octanol–water partition coefficient (Wildman–Crippen LogP) is 1.70. The Bertz CT molecular complexity index is 482. The third-order valence-corrected chi connectivity index (χ3v) is 3.83. The van der Waals surface area contributed by atoms with Gasteiger partial charge in [-0.25, -0.2) is 0 Å². The minimum absolute atomic E-state index is 0.0462. The van der Waals surface area contributed by atoms with Crippen LogP contribution in [0.1, 0.15) is 43.0 Å². The second-order valence-corrected chi connectivity index (χ2v) is 5.25. The zero-order valence-corrected chi connectivity index (χ0v) is 11.8. The zero-order chi connectivity index (χ0) is 14.6. The maximum absolute atomic E-state index is 12.5. The Hall–Kier alpha value is -1.75. The Balaban J connectivity index is 2.24. The van der Waals surface area contributed by atoms with Gasteiger partial charge < -0.3 is 20.9 Å². The molecule has 4 N–H and O–H groups in total. The summed E-state index contributed by atoms with van der Waals surface area (Å²) in [5.74, 6) is 0.207. The van der Waals surface area contributed by atoms with E-state index in [9.17, 15) is 9.90 Å². The maximum Gasteiger partial charge on any atom is 0.257 e. The number of carbonyl (C=O) groups excluding carboxylic acids is 1. The first-order chi connectivity index (χ1) is 9.62. The average Bonchev–Trinajstić information content (AvgIpc) is 2.88. The molecule has 5 heteroatoms. The van der Waals surface area contributed by atoms with Gasteiger partial charge in [-0.05, 0) is 31.9 Å². The first kappa shape index (κ1) is 14.7. The third kappa shape index (κ3) is 2.88. The van der Waals surface area contributed by atoms with E-state index < -0.39 is 5.54 Å². The van der Waals surface area contributed by atoms with E-state index in [2.05, 4.69) is 5.32 Å². The molecule has 1 aromatic rings. The fraction of sp³-hybridized carbons (Fsp3) is 0.533. The van der Waals surface area contributed by atoms with E-state index in [1.165, 1.54) is 0 Å². The van der Waals surface area contributed by atoms with Gasteiger partial charge in [0.25, 0.3) is 5.91 Å². The molecular weight excluding hydrogens is 256 g/mol. The van der Waals surface area contributed by atoms with Crippen LogP contribution in [0.3, 0.4) is 0 Å². The summed E-state index contributed by atoms with van der Waals surface area (Å²) < 4.78 is 5.47. The summed E-state index contributed by atoms with van der Waals surface area (Å²) in [5.41, 5.74) is 6.14. The van der Waals surface area contributed by atoms with Crippen LogP contribution < -0.4 is 15.8 Å². The molecule has 1 fully saturated rings. The Kier molecular flexibility index (Phi) is 4.49. The molecule has 0 atom stereocenters. The van der Waals surface area contributed by atoms with Crippen LogP contribution in [0.15, 0.2) is 18.2 Å². The number of anilines is 1. The van der Waals surface area contributed by atoms with Gasteiger partial charge in [0.15, 0.2) is 0 Å². The van der Waals surface area contributed by atoms with Crippen LogP contribution in [0.25, 0.3) is 0 Å². The van der Waals surface area contributed by atoms with Crippen LogP contribution in [0.2, 0.25) is 0 Å². The van der Waals surface area contributed by atoms with Gasteiger partial charge in [-0.1, -0.05) is 18.9 Å². The molecular formula is C15H22N2O3. The molecule has 1 aliphatic rings. The summed E-state index contributed by atoms with van der Waals surface area (Å²) in [4.78, 5) is 12.5. The first-order valence-corrected chi connectivity index (χ1v) is 7.06. The largest absolute Gasteiger partial charge is 0.493 e. The van der Waals surface area contributed by atoms with Gasteiger partial charge >= 0.3 is 0 Å². The number of hydrogen-bond acceptors (Lipinski definition) is 4. The molecule has 1 amide bonds. The van der Waals surface area contributed by atoms with Gasteiger partial charge in [0, 0.05) is 5.69 Å². The highest BCUT2D eigenvalue weighted by molar-refractivity contribution is 6.02. The average molecular weight is 278 g/mol. The Morgan fingerprint density at radius 3 is 2.75 bits per heavy atom. The number of nitrogen functional groups attached to an aromatic ring is 1. The van der Waals surface area contributed by atoms with Crippen molar-refractivity contribution in [3.8, 4) is 5.75 Å². The second-order valence-electron chi connectivity index (χ2n) is 5.25. The maximum atomic E-state index is 12.5. The number of benzene rings is 1. The molecule has 0 aromatic heterocycles. The van der Waals surface area contributed by atoms with Crippen molar-refractivity contribution in [3.05, 3.63) is 23.8 Å². The molecule has 2 rings (SSSR count). The first-order valence-electron chi connectivity index (χ1n) is 7.06. The van der Waals surface area contributed by atoms with Crippen LogP contribution in [0, 0.1) is 0 Å². The number of aliphatic hydroxyl groups is 1. The molecule has 110 valence electrons. The second kappa shape index (κ2) is 6.13. The van der Waals surface area contributed by atoms with Gasteiger partial charge in [-0.3, -0.25) is 4.79 Å². The molecule has 0 unspecified atom stereocenters. The van der Waals surface area contributed by atoms with E-state index >= 15 is 0 Å². The number of ether oxygens (including phenoxy) is 1. The lowest BCUT2D eigenvalue weighted by Gasteiger charge is -2.28. The zero-order valence-electron chi connectivity index (χ0n) is 11.8. The molecule has 20 heavy (non-hydrogen) atoms. The van der Waals surface area contributed by atoms with Crippen LogP contribution in [0.4, 0.5) is 5.69 Å². The van der Waals surface area contributed by atoms with Gasteiger partial charge in [-0.2, -0.15) is 0 Å². The van der Waals surface area contributed by atoms with Crippen LogP contribution in [0.5, 0.6) is 5.75 Å². The lowest BCUT2D eigenvalue weighted by Crippen LogP contribution is -2.49. The topological polar surface area (TPSA) is 84.6 Å². The number of aliphatic hydroxyl groups excluding tert-OH is 1.